The summed E-state index contributed by atoms with van der Waals surface area (Å²) in [4.78, 5) is 37.2. The summed E-state index contributed by atoms with van der Waals surface area (Å²) in [7, 11) is 1.22. The average Bonchev–Trinajstić information content (AvgIpc) is 2.50. The minimum Gasteiger partial charge on any atom is -0.469 e. The first-order valence-electron chi connectivity index (χ1n) is 7.54. The van der Waals surface area contributed by atoms with Gasteiger partial charge in [0.05, 0.1) is 19.6 Å². The smallest absolute Gasteiger partial charge is 0.326 e. The lowest BCUT2D eigenvalue weighted by atomic mass is 10.1. The van der Waals surface area contributed by atoms with Gasteiger partial charge in [0.25, 0.3) is 0 Å². The number of para-hydroxylation sites is 1. The molecule has 1 atom stereocenters. The molecule has 140 valence electrons. The number of hydrogen-bond donors (Lipinski definition) is 1. The lowest BCUT2D eigenvalue weighted by molar-refractivity contribution is -0.153. The van der Waals surface area contributed by atoms with Gasteiger partial charge >= 0.3 is 11.9 Å². The van der Waals surface area contributed by atoms with Crippen LogP contribution in [0.25, 0.3) is 0 Å². The summed E-state index contributed by atoms with van der Waals surface area (Å²) in [6.45, 7) is 4.92. The summed E-state index contributed by atoms with van der Waals surface area (Å²) in [5.74, 6) is -1.72. The van der Waals surface area contributed by atoms with Gasteiger partial charge in [0.1, 0.15) is 12.1 Å². The molecule has 0 heterocycles. The molecule has 1 aromatic carbocycles. The van der Waals surface area contributed by atoms with Crippen LogP contribution in [0.4, 0.5) is 5.69 Å². The second kappa shape index (κ2) is 10.0. The quantitative estimate of drug-likeness (QED) is 0.762. The van der Waals surface area contributed by atoms with E-state index in [0.29, 0.717) is 5.69 Å². The van der Waals surface area contributed by atoms with Crippen LogP contribution >= 0.6 is 12.4 Å². The summed E-state index contributed by atoms with van der Waals surface area (Å²) in [5, 5.41) is 0. The normalized spacial score (nSPS) is 11.7. The maximum atomic E-state index is 12.6. The van der Waals surface area contributed by atoms with Gasteiger partial charge in [-0.1, -0.05) is 18.2 Å². The van der Waals surface area contributed by atoms with Crippen LogP contribution in [0.15, 0.2) is 30.3 Å². The number of benzene rings is 1. The molecule has 0 unspecified atom stereocenters. The largest absolute Gasteiger partial charge is 0.469 e. The highest BCUT2D eigenvalue weighted by Gasteiger charge is 2.28. The molecule has 0 aromatic heterocycles. The van der Waals surface area contributed by atoms with Crippen LogP contribution in [-0.2, 0) is 23.9 Å². The monoisotopic (exact) mass is 372 g/mol. The third-order valence-corrected chi connectivity index (χ3v) is 2.97. The van der Waals surface area contributed by atoms with Crippen molar-refractivity contribution >= 4 is 35.9 Å². The number of methoxy groups -OCH3 is 1. The first-order valence-corrected chi connectivity index (χ1v) is 7.54. The Bertz CT molecular complexity index is 586. The van der Waals surface area contributed by atoms with E-state index in [4.69, 9.17) is 10.5 Å². The van der Waals surface area contributed by atoms with E-state index in [1.54, 1.807) is 51.1 Å². The summed E-state index contributed by atoms with van der Waals surface area (Å²) in [5.41, 5.74) is 5.61. The molecule has 1 amide bonds. The molecule has 0 aliphatic carbocycles. The minimum absolute atomic E-state index is 0. The van der Waals surface area contributed by atoms with Crippen molar-refractivity contribution in [2.45, 2.75) is 38.8 Å². The van der Waals surface area contributed by atoms with Crippen molar-refractivity contribution < 1.29 is 23.9 Å². The number of carbonyl (C=O) groups is 3. The second-order valence-electron chi connectivity index (χ2n) is 6.23. The van der Waals surface area contributed by atoms with Crippen molar-refractivity contribution in [1.29, 1.82) is 0 Å². The fourth-order valence-electron chi connectivity index (χ4n) is 1.96. The van der Waals surface area contributed by atoms with Crippen LogP contribution in [0.1, 0.15) is 27.2 Å². The molecule has 0 fully saturated rings. The van der Waals surface area contributed by atoms with Crippen molar-refractivity contribution in [1.82, 2.24) is 0 Å². The van der Waals surface area contributed by atoms with E-state index < -0.39 is 29.5 Å². The van der Waals surface area contributed by atoms with Gasteiger partial charge < -0.3 is 15.2 Å². The highest BCUT2D eigenvalue weighted by atomic mass is 35.5. The Labute approximate surface area is 153 Å². The van der Waals surface area contributed by atoms with Gasteiger partial charge in [-0.25, -0.2) is 0 Å². The lowest BCUT2D eigenvalue weighted by Gasteiger charge is -2.27. The molecule has 0 aliphatic heterocycles. The van der Waals surface area contributed by atoms with Gasteiger partial charge in [-0.2, -0.15) is 0 Å². The molecular weight excluding hydrogens is 348 g/mol. The number of anilines is 1. The number of esters is 2. The maximum absolute atomic E-state index is 12.6. The zero-order valence-corrected chi connectivity index (χ0v) is 15.7. The van der Waals surface area contributed by atoms with Gasteiger partial charge in [0.15, 0.2) is 0 Å². The lowest BCUT2D eigenvalue weighted by Crippen LogP contribution is -2.48. The molecule has 0 spiro atoms. The molecule has 0 radical (unpaired) electrons. The summed E-state index contributed by atoms with van der Waals surface area (Å²) in [6, 6.07) is 7.49. The average molecular weight is 373 g/mol. The van der Waals surface area contributed by atoms with Crippen molar-refractivity contribution in [2.24, 2.45) is 5.73 Å². The zero-order chi connectivity index (χ0) is 18.3. The number of halogens is 1. The third kappa shape index (κ3) is 8.00. The van der Waals surface area contributed by atoms with Crippen LogP contribution in [0.2, 0.25) is 0 Å². The molecule has 7 nitrogen and oxygen atoms in total. The zero-order valence-electron chi connectivity index (χ0n) is 14.9. The highest BCUT2D eigenvalue weighted by Crippen LogP contribution is 2.16. The van der Waals surface area contributed by atoms with Gasteiger partial charge in [0, 0.05) is 5.69 Å². The summed E-state index contributed by atoms with van der Waals surface area (Å²) >= 11 is 0. The molecule has 25 heavy (non-hydrogen) atoms. The SMILES string of the molecule is COC(=O)C[C@H](N)C(=O)N(CC(=O)OC(C)(C)C)c1ccccc1.Cl. The van der Waals surface area contributed by atoms with Crippen LogP contribution < -0.4 is 10.6 Å². The predicted octanol–water partition coefficient (Wildman–Crippen LogP) is 1.67. The van der Waals surface area contributed by atoms with Crippen molar-refractivity contribution in [2.75, 3.05) is 18.6 Å². The third-order valence-electron chi connectivity index (χ3n) is 2.97. The fourth-order valence-corrected chi connectivity index (χ4v) is 1.96. The van der Waals surface area contributed by atoms with Crippen molar-refractivity contribution in [3.63, 3.8) is 0 Å². The minimum atomic E-state index is -1.11. The Hall–Kier alpha value is -2.12. The Morgan fingerprint density at radius 3 is 2.16 bits per heavy atom. The first kappa shape index (κ1) is 22.9. The number of nitrogens with two attached hydrogens (primary N) is 1. The van der Waals surface area contributed by atoms with Gasteiger partial charge in [-0.3, -0.25) is 19.3 Å². The number of rotatable bonds is 6. The Balaban J connectivity index is 0.00000576. The predicted molar refractivity (Wildman–Crippen MR) is 96.5 cm³/mol. The topological polar surface area (TPSA) is 98.9 Å². The molecule has 0 saturated heterocycles. The number of carbonyl (C=O) groups excluding carboxylic acids is 3. The van der Waals surface area contributed by atoms with Gasteiger partial charge in [0.2, 0.25) is 5.91 Å². The van der Waals surface area contributed by atoms with Gasteiger partial charge in [-0.15, -0.1) is 12.4 Å². The van der Waals surface area contributed by atoms with Crippen LogP contribution in [-0.4, -0.2) is 43.1 Å². The van der Waals surface area contributed by atoms with Crippen LogP contribution in [0.5, 0.6) is 0 Å². The molecule has 0 bridgehead atoms. The van der Waals surface area contributed by atoms with E-state index in [1.165, 1.54) is 12.0 Å². The van der Waals surface area contributed by atoms with Crippen LogP contribution in [0.3, 0.4) is 0 Å². The molecule has 0 saturated carbocycles. The molecule has 1 rings (SSSR count). The molecule has 8 heteroatoms. The van der Waals surface area contributed by atoms with Crippen molar-refractivity contribution in [3.05, 3.63) is 30.3 Å². The Kier molecular flexibility index (Phi) is 9.16. The number of amides is 1. The summed E-state index contributed by atoms with van der Waals surface area (Å²) < 4.78 is 9.78. The molecule has 1 aromatic rings. The Morgan fingerprint density at radius 1 is 1.12 bits per heavy atom. The molecule has 0 aliphatic rings. The summed E-state index contributed by atoms with van der Waals surface area (Å²) in [6.07, 6.45) is -0.271. The van der Waals surface area contributed by atoms with E-state index in [9.17, 15) is 14.4 Å². The molecule has 2 N–H and O–H groups in total. The van der Waals surface area contributed by atoms with E-state index in [0.717, 1.165) is 0 Å². The fraction of sp³-hybridized carbons (Fsp3) is 0.471. The second-order valence-corrected chi connectivity index (χ2v) is 6.23. The van der Waals surface area contributed by atoms with Gasteiger partial charge in [-0.05, 0) is 32.9 Å². The number of hydrogen-bond acceptors (Lipinski definition) is 6. The first-order chi connectivity index (χ1) is 11.1. The standard InChI is InChI=1S/C17H24N2O5.ClH/c1-17(2,3)24-15(21)11-19(12-8-6-5-7-9-12)16(22)13(18)10-14(20)23-4;/h5-9,13H,10-11,18H2,1-4H3;1H/t13-;/m0./s1. The van der Waals surface area contributed by atoms with E-state index in [-0.39, 0.29) is 25.4 Å². The van der Waals surface area contributed by atoms with Crippen LogP contribution in [0, 0.1) is 0 Å². The number of ether oxygens (including phenoxy) is 2. The maximum Gasteiger partial charge on any atom is 0.326 e. The van der Waals surface area contributed by atoms with E-state index >= 15 is 0 Å². The number of nitrogens with zero attached hydrogens (tertiary/aromatic N) is 1. The molecular formula is C17H25ClN2O5. The highest BCUT2D eigenvalue weighted by molar-refractivity contribution is 6.02. The van der Waals surface area contributed by atoms with E-state index in [1.807, 2.05) is 0 Å². The van der Waals surface area contributed by atoms with E-state index in [2.05, 4.69) is 4.74 Å². The Morgan fingerprint density at radius 2 is 1.68 bits per heavy atom. The van der Waals surface area contributed by atoms with Crippen molar-refractivity contribution in [3.8, 4) is 0 Å².